The quantitative estimate of drug-likeness (QED) is 0.754. The average Bonchev–Trinajstić information content (AvgIpc) is 2.61. The molecule has 1 aliphatic heterocycles. The van der Waals surface area contributed by atoms with Crippen molar-refractivity contribution in [2.24, 2.45) is 0 Å². The van der Waals surface area contributed by atoms with Gasteiger partial charge in [-0.1, -0.05) is 29.8 Å². The molecule has 0 radical (unpaired) electrons. The highest BCUT2D eigenvalue weighted by Gasteiger charge is 2.38. The second kappa shape index (κ2) is 7.31. The molecule has 4 nitrogen and oxygen atoms in total. The van der Waals surface area contributed by atoms with Crippen molar-refractivity contribution in [3.05, 3.63) is 76.0 Å². The molecule has 1 atom stereocenters. The summed E-state index contributed by atoms with van der Waals surface area (Å²) >= 11 is 5.87. The molecule has 0 spiro atoms. The summed E-state index contributed by atoms with van der Waals surface area (Å²) in [6, 6.07) is 10.7. The van der Waals surface area contributed by atoms with Crippen LogP contribution in [0.1, 0.15) is 30.4 Å². The fraction of sp³-hybridized carbons (Fsp3) is 0.200. The third kappa shape index (κ3) is 3.75. The van der Waals surface area contributed by atoms with Crippen LogP contribution in [0.15, 0.2) is 59.8 Å². The lowest BCUT2D eigenvalue weighted by Crippen LogP contribution is -2.38. The standard InChI is InChI=1S/C20H15ClF3NO3/c1-11-18(19(27)28)16(12-5-7-14(21)8-6-12)10-17(26)25(11)15-4-2-3-13(9-15)20(22,23)24/h2-9,16H,10H2,1H3,(H,27,28). The normalized spacial score (nSPS) is 17.8. The number of aliphatic carboxylic acids is 1. The molecule has 146 valence electrons. The number of carboxylic acids is 1. The van der Waals surface area contributed by atoms with Gasteiger partial charge in [-0.3, -0.25) is 9.69 Å². The van der Waals surface area contributed by atoms with Gasteiger partial charge in [0.05, 0.1) is 11.1 Å². The number of allylic oxidation sites excluding steroid dienone is 1. The van der Waals surface area contributed by atoms with Gasteiger partial charge in [0.2, 0.25) is 5.91 Å². The van der Waals surface area contributed by atoms with Gasteiger partial charge >= 0.3 is 12.1 Å². The minimum absolute atomic E-state index is 0.0226. The van der Waals surface area contributed by atoms with Crippen LogP contribution in [0.2, 0.25) is 5.02 Å². The number of carbonyl (C=O) groups is 2. The van der Waals surface area contributed by atoms with E-state index in [1.54, 1.807) is 24.3 Å². The Balaban J connectivity index is 2.11. The van der Waals surface area contributed by atoms with Gasteiger partial charge in [0, 0.05) is 28.7 Å². The van der Waals surface area contributed by atoms with Crippen molar-refractivity contribution < 1.29 is 27.9 Å². The van der Waals surface area contributed by atoms with Crippen LogP contribution in [0.4, 0.5) is 18.9 Å². The summed E-state index contributed by atoms with van der Waals surface area (Å²) in [5, 5.41) is 10.2. The predicted octanol–water partition coefficient (Wildman–Crippen LogP) is 5.24. The highest BCUT2D eigenvalue weighted by atomic mass is 35.5. The molecule has 1 N–H and O–H groups in total. The van der Waals surface area contributed by atoms with E-state index >= 15 is 0 Å². The van der Waals surface area contributed by atoms with E-state index in [0.29, 0.717) is 10.6 Å². The number of rotatable bonds is 3. The van der Waals surface area contributed by atoms with E-state index in [9.17, 15) is 27.9 Å². The molecule has 1 amide bonds. The van der Waals surface area contributed by atoms with E-state index < -0.39 is 29.5 Å². The Morgan fingerprint density at radius 1 is 1.18 bits per heavy atom. The summed E-state index contributed by atoms with van der Waals surface area (Å²) < 4.78 is 39.1. The summed E-state index contributed by atoms with van der Waals surface area (Å²) in [6.07, 6.45) is -4.76. The zero-order valence-electron chi connectivity index (χ0n) is 14.6. The molecule has 8 heteroatoms. The van der Waals surface area contributed by atoms with E-state index in [0.717, 1.165) is 17.0 Å². The lowest BCUT2D eigenvalue weighted by Gasteiger charge is -2.34. The first-order valence-corrected chi connectivity index (χ1v) is 8.67. The van der Waals surface area contributed by atoms with Gasteiger partial charge in [-0.05, 0) is 42.8 Å². The van der Waals surface area contributed by atoms with Crippen molar-refractivity contribution in [3.8, 4) is 0 Å². The minimum atomic E-state index is -4.58. The molecule has 1 aliphatic rings. The zero-order chi connectivity index (χ0) is 20.6. The molecule has 3 rings (SSSR count). The number of halogens is 4. The largest absolute Gasteiger partial charge is 0.478 e. The zero-order valence-corrected chi connectivity index (χ0v) is 15.4. The molecule has 1 unspecified atom stereocenters. The van der Waals surface area contributed by atoms with Gasteiger partial charge in [0.1, 0.15) is 0 Å². The van der Waals surface area contributed by atoms with Crippen LogP contribution in [0.3, 0.4) is 0 Å². The summed E-state index contributed by atoms with van der Waals surface area (Å²) in [4.78, 5) is 25.7. The number of alkyl halides is 3. The minimum Gasteiger partial charge on any atom is -0.478 e. The molecule has 0 aliphatic carbocycles. The molecule has 0 saturated carbocycles. The van der Waals surface area contributed by atoms with Crippen molar-refractivity contribution in [2.45, 2.75) is 25.4 Å². The summed E-state index contributed by atoms with van der Waals surface area (Å²) in [5.41, 5.74) is -0.298. The number of hydrogen-bond donors (Lipinski definition) is 1. The smallest absolute Gasteiger partial charge is 0.416 e. The Bertz CT molecular complexity index is 967. The topological polar surface area (TPSA) is 57.6 Å². The third-order valence-electron chi connectivity index (χ3n) is 4.64. The molecule has 1 heterocycles. The first-order valence-electron chi connectivity index (χ1n) is 8.29. The molecule has 2 aromatic carbocycles. The molecular formula is C20H15ClF3NO3. The van der Waals surface area contributed by atoms with Crippen molar-refractivity contribution >= 4 is 29.2 Å². The number of carbonyl (C=O) groups excluding carboxylic acids is 1. The van der Waals surface area contributed by atoms with Crippen LogP contribution < -0.4 is 4.90 Å². The van der Waals surface area contributed by atoms with E-state index in [1.165, 1.54) is 19.1 Å². The van der Waals surface area contributed by atoms with E-state index in [2.05, 4.69) is 0 Å². The lowest BCUT2D eigenvalue weighted by molar-refractivity contribution is -0.137. The first kappa shape index (κ1) is 19.9. The van der Waals surface area contributed by atoms with Gasteiger partial charge in [-0.25, -0.2) is 4.79 Å². The van der Waals surface area contributed by atoms with Gasteiger partial charge in [-0.15, -0.1) is 0 Å². The van der Waals surface area contributed by atoms with Crippen LogP contribution in [0.25, 0.3) is 0 Å². The Morgan fingerprint density at radius 3 is 2.39 bits per heavy atom. The number of carboxylic acid groups (broad SMARTS) is 1. The number of benzene rings is 2. The van der Waals surface area contributed by atoms with Gasteiger partial charge in [0.25, 0.3) is 0 Å². The van der Waals surface area contributed by atoms with Crippen LogP contribution in [0, 0.1) is 0 Å². The van der Waals surface area contributed by atoms with Crippen LogP contribution in [-0.2, 0) is 15.8 Å². The lowest BCUT2D eigenvalue weighted by atomic mass is 9.83. The molecule has 2 aromatic rings. The molecule has 0 fully saturated rings. The van der Waals surface area contributed by atoms with Gasteiger partial charge < -0.3 is 5.11 Å². The molecule has 0 saturated heterocycles. The maximum atomic E-state index is 13.0. The molecule has 0 bridgehead atoms. The van der Waals surface area contributed by atoms with Crippen LogP contribution in [-0.4, -0.2) is 17.0 Å². The Labute approximate surface area is 163 Å². The third-order valence-corrected chi connectivity index (χ3v) is 4.89. The molecule has 0 aromatic heterocycles. The second-order valence-electron chi connectivity index (χ2n) is 6.39. The van der Waals surface area contributed by atoms with E-state index in [4.69, 9.17) is 11.6 Å². The number of hydrogen-bond acceptors (Lipinski definition) is 2. The van der Waals surface area contributed by atoms with E-state index in [1.807, 2.05) is 0 Å². The summed E-state index contributed by atoms with van der Waals surface area (Å²) in [7, 11) is 0. The van der Waals surface area contributed by atoms with Crippen molar-refractivity contribution in [1.29, 1.82) is 0 Å². The maximum absolute atomic E-state index is 13.0. The van der Waals surface area contributed by atoms with Gasteiger partial charge in [-0.2, -0.15) is 13.2 Å². The fourth-order valence-corrected chi connectivity index (χ4v) is 3.50. The highest BCUT2D eigenvalue weighted by Crippen LogP contribution is 2.40. The summed E-state index contributed by atoms with van der Waals surface area (Å²) in [6.45, 7) is 1.42. The van der Waals surface area contributed by atoms with Crippen LogP contribution >= 0.6 is 11.6 Å². The number of anilines is 1. The second-order valence-corrected chi connectivity index (χ2v) is 6.83. The van der Waals surface area contributed by atoms with Crippen molar-refractivity contribution in [3.63, 3.8) is 0 Å². The number of nitrogens with zero attached hydrogens (tertiary/aromatic N) is 1. The van der Waals surface area contributed by atoms with Crippen molar-refractivity contribution in [1.82, 2.24) is 0 Å². The Kier molecular flexibility index (Phi) is 5.21. The summed E-state index contributed by atoms with van der Waals surface area (Å²) in [5.74, 6) is -2.44. The maximum Gasteiger partial charge on any atom is 0.416 e. The monoisotopic (exact) mass is 409 g/mol. The molecular weight excluding hydrogens is 395 g/mol. The fourth-order valence-electron chi connectivity index (χ4n) is 3.37. The predicted molar refractivity (Wildman–Crippen MR) is 98.1 cm³/mol. The van der Waals surface area contributed by atoms with Crippen molar-refractivity contribution in [2.75, 3.05) is 4.90 Å². The Morgan fingerprint density at radius 2 is 1.82 bits per heavy atom. The Hall–Kier alpha value is -2.80. The highest BCUT2D eigenvalue weighted by molar-refractivity contribution is 6.30. The van der Waals surface area contributed by atoms with Crippen LogP contribution in [0.5, 0.6) is 0 Å². The number of amides is 1. The SMILES string of the molecule is CC1=C(C(=O)O)C(c2ccc(Cl)cc2)CC(=O)N1c1cccc(C(F)(F)F)c1. The molecule has 28 heavy (non-hydrogen) atoms. The average molecular weight is 410 g/mol. The first-order chi connectivity index (χ1) is 13.1. The van der Waals surface area contributed by atoms with E-state index in [-0.39, 0.29) is 23.4 Å². The van der Waals surface area contributed by atoms with Gasteiger partial charge in [0.15, 0.2) is 0 Å².